The summed E-state index contributed by atoms with van der Waals surface area (Å²) >= 11 is 0. The van der Waals surface area contributed by atoms with Crippen molar-refractivity contribution in [1.29, 1.82) is 0 Å². The molecule has 1 aliphatic rings. The van der Waals surface area contributed by atoms with Gasteiger partial charge in [-0.25, -0.2) is 0 Å². The van der Waals surface area contributed by atoms with E-state index in [0.717, 1.165) is 0 Å². The summed E-state index contributed by atoms with van der Waals surface area (Å²) in [6.45, 7) is 1.79. The lowest BCUT2D eigenvalue weighted by atomic mass is 10.1. The number of amides is 2. The van der Waals surface area contributed by atoms with Crippen LogP contribution in [0.5, 0.6) is 5.75 Å². The SMILES string of the molecule is COC(=O)C[C@@H]1C(=O)NCCN1C(=O)COc1ccc(C(C)=O)cc1. The van der Waals surface area contributed by atoms with Crippen molar-refractivity contribution < 1.29 is 28.7 Å². The zero-order valence-electron chi connectivity index (χ0n) is 14.1. The van der Waals surface area contributed by atoms with E-state index in [1.165, 1.54) is 18.9 Å². The Kier molecular flexibility index (Phi) is 6.10. The van der Waals surface area contributed by atoms with Crippen LogP contribution in [0.1, 0.15) is 23.7 Å². The van der Waals surface area contributed by atoms with Crippen LogP contribution in [-0.4, -0.2) is 61.3 Å². The molecule has 8 nitrogen and oxygen atoms in total. The molecule has 1 heterocycles. The van der Waals surface area contributed by atoms with Crippen molar-refractivity contribution in [3.63, 3.8) is 0 Å². The molecule has 2 rings (SSSR count). The molecular formula is C17H20N2O6. The summed E-state index contributed by atoms with van der Waals surface area (Å²) in [4.78, 5) is 48.3. The molecule has 1 aliphatic heterocycles. The largest absolute Gasteiger partial charge is 0.484 e. The van der Waals surface area contributed by atoms with E-state index in [9.17, 15) is 19.2 Å². The molecule has 2 amide bonds. The number of nitrogens with zero attached hydrogens (tertiary/aromatic N) is 1. The molecule has 8 heteroatoms. The monoisotopic (exact) mass is 348 g/mol. The highest BCUT2D eigenvalue weighted by Gasteiger charge is 2.35. The number of ether oxygens (including phenoxy) is 2. The maximum absolute atomic E-state index is 12.4. The quantitative estimate of drug-likeness (QED) is 0.580. The van der Waals surface area contributed by atoms with E-state index in [4.69, 9.17) is 4.74 Å². The molecule has 25 heavy (non-hydrogen) atoms. The second-order valence-corrected chi connectivity index (χ2v) is 5.54. The number of carbonyl (C=O) groups is 4. The van der Waals surface area contributed by atoms with Gasteiger partial charge in [0.1, 0.15) is 11.8 Å². The third-order valence-electron chi connectivity index (χ3n) is 3.86. The number of nitrogens with one attached hydrogen (secondary N) is 1. The van der Waals surface area contributed by atoms with Crippen molar-refractivity contribution in [3.05, 3.63) is 29.8 Å². The van der Waals surface area contributed by atoms with Gasteiger partial charge in [0.05, 0.1) is 13.5 Å². The topological polar surface area (TPSA) is 102 Å². The molecule has 1 N–H and O–H groups in total. The highest BCUT2D eigenvalue weighted by molar-refractivity contribution is 5.94. The summed E-state index contributed by atoms with van der Waals surface area (Å²) in [7, 11) is 1.23. The maximum Gasteiger partial charge on any atom is 0.308 e. The standard InChI is InChI=1S/C17H20N2O6/c1-11(20)12-3-5-13(6-4-12)25-10-15(21)19-8-7-18-17(23)14(19)9-16(22)24-2/h3-6,14H,7-10H2,1-2H3,(H,18,23)/t14-/m1/s1. The molecule has 1 aromatic rings. The molecule has 1 saturated heterocycles. The predicted molar refractivity (Wildman–Crippen MR) is 87.1 cm³/mol. The van der Waals surface area contributed by atoms with Crippen LogP contribution in [0.25, 0.3) is 0 Å². The number of ketones is 1. The van der Waals surface area contributed by atoms with Crippen LogP contribution in [0.15, 0.2) is 24.3 Å². The van der Waals surface area contributed by atoms with Gasteiger partial charge in [-0.1, -0.05) is 0 Å². The summed E-state index contributed by atoms with van der Waals surface area (Å²) in [5.74, 6) is -0.993. The Morgan fingerprint density at radius 2 is 1.92 bits per heavy atom. The summed E-state index contributed by atoms with van der Waals surface area (Å²) in [6.07, 6.45) is -0.207. The molecule has 0 bridgehead atoms. The normalized spacial score (nSPS) is 16.8. The molecule has 1 atom stereocenters. The first-order valence-electron chi connectivity index (χ1n) is 7.80. The third kappa shape index (κ3) is 4.79. The van der Waals surface area contributed by atoms with Crippen LogP contribution in [0.3, 0.4) is 0 Å². The molecule has 0 spiro atoms. The van der Waals surface area contributed by atoms with Crippen molar-refractivity contribution in [2.75, 3.05) is 26.8 Å². The Balaban J connectivity index is 1.98. The first-order chi connectivity index (χ1) is 11.9. The van der Waals surface area contributed by atoms with Gasteiger partial charge in [-0.3, -0.25) is 19.2 Å². The number of rotatable bonds is 6. The second-order valence-electron chi connectivity index (χ2n) is 5.54. The highest BCUT2D eigenvalue weighted by atomic mass is 16.5. The van der Waals surface area contributed by atoms with Gasteiger partial charge in [-0.15, -0.1) is 0 Å². The lowest BCUT2D eigenvalue weighted by Gasteiger charge is -2.34. The molecule has 0 saturated carbocycles. The van der Waals surface area contributed by atoms with Crippen LogP contribution in [0.4, 0.5) is 0 Å². The van der Waals surface area contributed by atoms with Gasteiger partial charge >= 0.3 is 5.97 Å². The number of Topliss-reactive ketones (excluding diaryl/α,β-unsaturated/α-hetero) is 1. The summed E-state index contributed by atoms with van der Waals surface area (Å²) < 4.78 is 9.99. The first-order valence-corrected chi connectivity index (χ1v) is 7.80. The first kappa shape index (κ1) is 18.4. The highest BCUT2D eigenvalue weighted by Crippen LogP contribution is 2.14. The van der Waals surface area contributed by atoms with E-state index in [1.54, 1.807) is 24.3 Å². The Bertz CT molecular complexity index is 670. The van der Waals surface area contributed by atoms with Gasteiger partial charge < -0.3 is 19.7 Å². The Morgan fingerprint density at radius 3 is 2.52 bits per heavy atom. The van der Waals surface area contributed by atoms with Gasteiger partial charge in [0.25, 0.3) is 5.91 Å². The van der Waals surface area contributed by atoms with E-state index in [-0.39, 0.29) is 18.8 Å². The van der Waals surface area contributed by atoms with Crippen LogP contribution in [0, 0.1) is 0 Å². The number of piperazine rings is 1. The van der Waals surface area contributed by atoms with Gasteiger partial charge in [0.15, 0.2) is 12.4 Å². The Morgan fingerprint density at radius 1 is 1.24 bits per heavy atom. The van der Waals surface area contributed by atoms with Crippen molar-refractivity contribution in [2.24, 2.45) is 0 Å². The zero-order chi connectivity index (χ0) is 18.4. The lowest BCUT2D eigenvalue weighted by molar-refractivity contribution is -0.151. The zero-order valence-corrected chi connectivity index (χ0v) is 14.1. The molecule has 1 aromatic carbocycles. The summed E-state index contributed by atoms with van der Waals surface area (Å²) in [6, 6.07) is 5.50. The number of methoxy groups -OCH3 is 1. The van der Waals surface area contributed by atoms with Crippen LogP contribution >= 0.6 is 0 Å². The molecular weight excluding hydrogens is 328 g/mol. The van der Waals surface area contributed by atoms with Crippen molar-refractivity contribution in [3.8, 4) is 5.75 Å². The maximum atomic E-state index is 12.4. The van der Waals surface area contributed by atoms with Crippen LogP contribution in [-0.2, 0) is 19.1 Å². The van der Waals surface area contributed by atoms with Crippen LogP contribution < -0.4 is 10.1 Å². The molecule has 0 radical (unpaired) electrons. The second kappa shape index (κ2) is 8.27. The molecule has 1 fully saturated rings. The average Bonchev–Trinajstić information content (AvgIpc) is 2.61. The Hall–Kier alpha value is -2.90. The summed E-state index contributed by atoms with van der Waals surface area (Å²) in [5, 5.41) is 2.62. The minimum absolute atomic E-state index is 0.0624. The number of esters is 1. The number of carbonyl (C=O) groups excluding carboxylic acids is 4. The minimum Gasteiger partial charge on any atom is -0.484 e. The van der Waals surface area contributed by atoms with E-state index in [1.807, 2.05) is 0 Å². The van der Waals surface area contributed by atoms with E-state index in [2.05, 4.69) is 10.1 Å². The number of hydrogen-bond donors (Lipinski definition) is 1. The lowest BCUT2D eigenvalue weighted by Crippen LogP contribution is -2.58. The van der Waals surface area contributed by atoms with Crippen molar-refractivity contribution in [2.45, 2.75) is 19.4 Å². The van der Waals surface area contributed by atoms with E-state index >= 15 is 0 Å². The minimum atomic E-state index is -0.905. The number of benzene rings is 1. The average molecular weight is 348 g/mol. The van der Waals surface area contributed by atoms with Gasteiger partial charge in [-0.2, -0.15) is 0 Å². The van der Waals surface area contributed by atoms with Crippen LogP contribution in [0.2, 0.25) is 0 Å². The van der Waals surface area contributed by atoms with Gasteiger partial charge in [0.2, 0.25) is 5.91 Å². The fourth-order valence-electron chi connectivity index (χ4n) is 2.47. The van der Waals surface area contributed by atoms with Gasteiger partial charge in [0, 0.05) is 18.7 Å². The van der Waals surface area contributed by atoms with Crippen molar-refractivity contribution >= 4 is 23.6 Å². The Labute approximate surface area is 145 Å². The molecule has 0 aliphatic carbocycles. The fourth-order valence-corrected chi connectivity index (χ4v) is 2.47. The molecule has 0 aromatic heterocycles. The van der Waals surface area contributed by atoms with Crippen molar-refractivity contribution in [1.82, 2.24) is 10.2 Å². The van der Waals surface area contributed by atoms with Gasteiger partial charge in [-0.05, 0) is 31.2 Å². The fraction of sp³-hybridized carbons (Fsp3) is 0.412. The molecule has 134 valence electrons. The van der Waals surface area contributed by atoms with E-state index in [0.29, 0.717) is 24.4 Å². The number of hydrogen-bond acceptors (Lipinski definition) is 6. The van der Waals surface area contributed by atoms with E-state index < -0.39 is 23.8 Å². The molecule has 0 unspecified atom stereocenters. The third-order valence-corrected chi connectivity index (χ3v) is 3.86. The predicted octanol–water partition coefficient (Wildman–Crippen LogP) is 0.158. The smallest absolute Gasteiger partial charge is 0.308 e. The summed E-state index contributed by atoms with van der Waals surface area (Å²) in [5.41, 5.74) is 0.546.